The first-order valence-electron chi connectivity index (χ1n) is 5.81. The fraction of sp³-hybridized carbons (Fsp3) is 0.917. The molecule has 0 unspecified atom stereocenters. The molecule has 3 atom stereocenters. The monoisotopic (exact) mass is 338 g/mol. The molecular formula is C12H19IO3. The van der Waals surface area contributed by atoms with Gasteiger partial charge >= 0.3 is 5.97 Å². The van der Waals surface area contributed by atoms with Crippen LogP contribution in [0.25, 0.3) is 0 Å². The molecule has 0 N–H and O–H groups in total. The van der Waals surface area contributed by atoms with Crippen molar-refractivity contribution in [2.75, 3.05) is 13.7 Å². The van der Waals surface area contributed by atoms with Crippen molar-refractivity contribution in [3.63, 3.8) is 0 Å². The largest absolute Gasteiger partial charge is 0.457 e. The molecule has 2 aliphatic rings. The summed E-state index contributed by atoms with van der Waals surface area (Å²) in [7, 11) is 1.71. The molecule has 4 heteroatoms. The Morgan fingerprint density at radius 3 is 2.69 bits per heavy atom. The predicted octanol–water partition coefficient (Wildman–Crippen LogP) is 2.70. The quantitative estimate of drug-likeness (QED) is 0.451. The Balaban J connectivity index is 2.38. The molecule has 16 heavy (non-hydrogen) atoms. The highest BCUT2D eigenvalue weighted by Gasteiger charge is 2.70. The number of rotatable bonds is 3. The van der Waals surface area contributed by atoms with Gasteiger partial charge in [-0.3, -0.25) is 4.79 Å². The fourth-order valence-electron chi connectivity index (χ4n) is 3.26. The van der Waals surface area contributed by atoms with Crippen LogP contribution < -0.4 is 0 Å². The average Bonchev–Trinajstić information content (AvgIpc) is 2.33. The average molecular weight is 338 g/mol. The Hall–Kier alpha value is 0.160. The van der Waals surface area contributed by atoms with Gasteiger partial charge in [-0.25, -0.2) is 0 Å². The van der Waals surface area contributed by atoms with E-state index < -0.39 is 0 Å². The molecule has 1 saturated heterocycles. The Kier molecular flexibility index (Phi) is 3.02. The van der Waals surface area contributed by atoms with Crippen molar-refractivity contribution in [2.45, 2.75) is 48.6 Å². The van der Waals surface area contributed by atoms with E-state index in [1.54, 1.807) is 7.11 Å². The van der Waals surface area contributed by atoms with Crippen LogP contribution in [0, 0.1) is 5.41 Å². The second-order valence-electron chi connectivity index (χ2n) is 5.35. The van der Waals surface area contributed by atoms with Crippen LogP contribution in [0.1, 0.15) is 39.5 Å². The summed E-state index contributed by atoms with van der Waals surface area (Å²) >= 11 is 2.45. The maximum Gasteiger partial charge on any atom is 0.313 e. The van der Waals surface area contributed by atoms with Crippen LogP contribution in [-0.4, -0.2) is 28.7 Å². The van der Waals surface area contributed by atoms with Gasteiger partial charge in [-0.15, -0.1) is 0 Å². The Bertz CT molecular complexity index is 319. The molecule has 3 nitrogen and oxygen atoms in total. The summed E-state index contributed by atoms with van der Waals surface area (Å²) in [6, 6.07) is 0. The summed E-state index contributed by atoms with van der Waals surface area (Å²) in [4.78, 5) is 12.1. The summed E-state index contributed by atoms with van der Waals surface area (Å²) in [6.07, 6.45) is 3.87. The first-order valence-corrected chi connectivity index (χ1v) is 6.89. The third-order valence-corrected chi connectivity index (χ3v) is 7.33. The number of carbonyl (C=O) groups is 1. The third-order valence-electron chi connectivity index (χ3n) is 4.46. The van der Waals surface area contributed by atoms with E-state index in [4.69, 9.17) is 9.47 Å². The van der Waals surface area contributed by atoms with E-state index in [-0.39, 0.29) is 20.4 Å². The normalized spacial score (nSPS) is 46.9. The first-order chi connectivity index (χ1) is 7.40. The van der Waals surface area contributed by atoms with Crippen molar-refractivity contribution in [3.05, 3.63) is 0 Å². The molecule has 1 aliphatic heterocycles. The Morgan fingerprint density at radius 2 is 2.12 bits per heavy atom. The van der Waals surface area contributed by atoms with E-state index in [2.05, 4.69) is 36.4 Å². The van der Waals surface area contributed by atoms with Gasteiger partial charge in [0.1, 0.15) is 5.60 Å². The van der Waals surface area contributed by atoms with Gasteiger partial charge in [0.15, 0.2) is 0 Å². The van der Waals surface area contributed by atoms with Crippen LogP contribution in [0.4, 0.5) is 0 Å². The minimum atomic E-state index is -0.334. The highest BCUT2D eigenvalue weighted by atomic mass is 127. The van der Waals surface area contributed by atoms with Crippen molar-refractivity contribution >= 4 is 28.6 Å². The van der Waals surface area contributed by atoms with E-state index in [1.807, 2.05) is 0 Å². The van der Waals surface area contributed by atoms with E-state index >= 15 is 0 Å². The zero-order valence-electron chi connectivity index (χ0n) is 10.1. The molecule has 1 saturated carbocycles. The summed E-state index contributed by atoms with van der Waals surface area (Å²) < 4.78 is 10.8. The molecule has 0 radical (unpaired) electrons. The number of alkyl halides is 1. The van der Waals surface area contributed by atoms with Gasteiger partial charge in [0.05, 0.1) is 8.84 Å². The highest BCUT2D eigenvalue weighted by Crippen LogP contribution is 2.63. The molecule has 92 valence electrons. The third kappa shape index (κ3) is 1.38. The van der Waals surface area contributed by atoms with Crippen LogP contribution in [0.2, 0.25) is 0 Å². The second kappa shape index (κ2) is 3.83. The van der Waals surface area contributed by atoms with E-state index in [9.17, 15) is 4.79 Å². The number of carbonyl (C=O) groups excluding carboxylic acids is 1. The van der Waals surface area contributed by atoms with Gasteiger partial charge in [0, 0.05) is 13.7 Å². The molecule has 0 spiro atoms. The van der Waals surface area contributed by atoms with Crippen LogP contribution in [0.3, 0.4) is 0 Å². The number of hydrogen-bond acceptors (Lipinski definition) is 3. The number of hydrogen-bond donors (Lipinski definition) is 0. The van der Waals surface area contributed by atoms with Crippen molar-refractivity contribution in [1.82, 2.24) is 0 Å². The summed E-state index contributed by atoms with van der Waals surface area (Å²) in [5, 5.41) is 0. The SMILES string of the molecule is COCC[C@]1(I)[C@@]2(C)CCC[C@]1(C)C(=O)O2. The van der Waals surface area contributed by atoms with Gasteiger partial charge in [-0.2, -0.15) is 0 Å². The molecule has 2 fully saturated rings. The zero-order chi connectivity index (χ0) is 12.0. The second-order valence-corrected chi connectivity index (χ2v) is 7.19. The molecule has 1 aliphatic carbocycles. The predicted molar refractivity (Wildman–Crippen MR) is 69.7 cm³/mol. The van der Waals surface area contributed by atoms with Gasteiger partial charge in [-0.05, 0) is 39.5 Å². The standard InChI is InChI=1S/C12H19IO3/c1-10-5-4-6-11(2,16-9(10)14)12(10,13)7-8-15-3/h4-8H2,1-3H3/t10-,11-,12-/m1/s1. The van der Waals surface area contributed by atoms with Gasteiger partial charge in [0.25, 0.3) is 0 Å². The minimum absolute atomic E-state index is 0.0157. The highest BCUT2D eigenvalue weighted by molar-refractivity contribution is 14.1. The van der Waals surface area contributed by atoms with E-state index in [0.717, 1.165) is 25.7 Å². The Morgan fingerprint density at radius 1 is 1.44 bits per heavy atom. The molecule has 0 amide bonds. The summed E-state index contributed by atoms with van der Waals surface area (Å²) in [5.74, 6) is -0.0157. The lowest BCUT2D eigenvalue weighted by Crippen LogP contribution is -2.55. The molecule has 0 aromatic heterocycles. The maximum atomic E-state index is 12.1. The molecule has 2 rings (SSSR count). The topological polar surface area (TPSA) is 35.5 Å². The number of halogens is 1. The van der Waals surface area contributed by atoms with Gasteiger partial charge < -0.3 is 9.47 Å². The number of fused-ring (bicyclic) bond motifs is 2. The lowest BCUT2D eigenvalue weighted by molar-refractivity contribution is -0.151. The lowest BCUT2D eigenvalue weighted by Gasteiger charge is -2.47. The lowest BCUT2D eigenvalue weighted by atomic mass is 9.62. The number of ether oxygens (including phenoxy) is 2. The van der Waals surface area contributed by atoms with Crippen molar-refractivity contribution < 1.29 is 14.3 Å². The molecule has 0 aromatic carbocycles. The van der Waals surface area contributed by atoms with E-state index in [0.29, 0.717) is 6.61 Å². The van der Waals surface area contributed by atoms with Crippen LogP contribution >= 0.6 is 22.6 Å². The summed E-state index contributed by atoms with van der Waals surface area (Å²) in [5.41, 5.74) is -0.644. The number of methoxy groups -OCH3 is 1. The molecule has 0 aromatic rings. The fourth-order valence-corrected chi connectivity index (χ4v) is 4.35. The van der Waals surface area contributed by atoms with Gasteiger partial charge in [0.2, 0.25) is 0 Å². The smallest absolute Gasteiger partial charge is 0.313 e. The van der Waals surface area contributed by atoms with Crippen molar-refractivity contribution in [1.29, 1.82) is 0 Å². The van der Waals surface area contributed by atoms with Crippen LogP contribution in [0.15, 0.2) is 0 Å². The Labute approximate surface area is 110 Å². The number of esters is 1. The van der Waals surface area contributed by atoms with E-state index in [1.165, 1.54) is 0 Å². The molecule has 2 bridgehead atoms. The molecular weight excluding hydrogens is 319 g/mol. The van der Waals surface area contributed by atoms with Crippen LogP contribution in [0.5, 0.6) is 0 Å². The minimum Gasteiger partial charge on any atom is -0.457 e. The maximum absolute atomic E-state index is 12.1. The first kappa shape index (κ1) is 12.6. The van der Waals surface area contributed by atoms with Crippen LogP contribution in [-0.2, 0) is 14.3 Å². The zero-order valence-corrected chi connectivity index (χ0v) is 12.3. The van der Waals surface area contributed by atoms with Gasteiger partial charge in [-0.1, -0.05) is 22.6 Å². The van der Waals surface area contributed by atoms with Crippen molar-refractivity contribution in [3.8, 4) is 0 Å². The summed E-state index contributed by atoms with van der Waals surface area (Å²) in [6.45, 7) is 4.82. The van der Waals surface area contributed by atoms with Crippen molar-refractivity contribution in [2.24, 2.45) is 5.41 Å². The molecule has 1 heterocycles.